The van der Waals surface area contributed by atoms with Gasteiger partial charge in [0, 0.05) is 13.1 Å². The van der Waals surface area contributed by atoms with Crippen molar-refractivity contribution in [1.29, 1.82) is 0 Å². The number of carbonyl (C=O) groups excluding carboxylic acids is 4. The second kappa shape index (κ2) is 8.94. The van der Waals surface area contributed by atoms with Crippen LogP contribution in [0.1, 0.15) is 52.1 Å². The lowest BCUT2D eigenvalue weighted by molar-refractivity contribution is -0.156. The highest BCUT2D eigenvalue weighted by Crippen LogP contribution is 2.27. The molecule has 0 fully saturated rings. The molecule has 32 heavy (non-hydrogen) atoms. The summed E-state index contributed by atoms with van der Waals surface area (Å²) in [5, 5.41) is 0. The number of amides is 3. The maximum Gasteiger partial charge on any atom is 0.329 e. The van der Waals surface area contributed by atoms with Crippen molar-refractivity contribution in [2.45, 2.75) is 39.3 Å². The van der Waals surface area contributed by atoms with E-state index in [1.54, 1.807) is 29.2 Å². The van der Waals surface area contributed by atoms with Gasteiger partial charge in [-0.3, -0.25) is 19.3 Å². The zero-order valence-corrected chi connectivity index (χ0v) is 18.2. The summed E-state index contributed by atoms with van der Waals surface area (Å²) >= 11 is 0. The minimum absolute atomic E-state index is 0.0335. The van der Waals surface area contributed by atoms with E-state index in [4.69, 9.17) is 4.74 Å². The Balaban J connectivity index is 1.44. The number of nitrogens with zero attached hydrogens (tertiary/aromatic N) is 2. The molecular weight excluding hydrogens is 408 g/mol. The van der Waals surface area contributed by atoms with E-state index in [9.17, 15) is 19.2 Å². The van der Waals surface area contributed by atoms with Crippen LogP contribution in [0.4, 0.5) is 0 Å². The van der Waals surface area contributed by atoms with E-state index in [0.717, 1.165) is 16.9 Å². The van der Waals surface area contributed by atoms with Crippen molar-refractivity contribution in [3.8, 4) is 0 Å². The minimum atomic E-state index is -1.07. The molecule has 0 unspecified atom stereocenters. The summed E-state index contributed by atoms with van der Waals surface area (Å²) in [4.78, 5) is 54.0. The van der Waals surface area contributed by atoms with Crippen LogP contribution in [0.15, 0.2) is 48.5 Å². The summed E-state index contributed by atoms with van der Waals surface area (Å²) in [7, 11) is 0. The van der Waals surface area contributed by atoms with Gasteiger partial charge in [0.2, 0.25) is 0 Å². The van der Waals surface area contributed by atoms with Crippen molar-refractivity contribution in [2.75, 3.05) is 13.2 Å². The van der Waals surface area contributed by atoms with Gasteiger partial charge >= 0.3 is 5.97 Å². The number of carbonyl (C=O) groups is 4. The third kappa shape index (κ3) is 4.15. The summed E-state index contributed by atoms with van der Waals surface area (Å²) in [5.74, 6) is -2.01. The number of benzene rings is 2. The highest BCUT2D eigenvalue weighted by Gasteiger charge is 2.43. The molecule has 0 aromatic heterocycles. The lowest BCUT2D eigenvalue weighted by Crippen LogP contribution is -2.47. The molecule has 0 aliphatic carbocycles. The van der Waals surface area contributed by atoms with Gasteiger partial charge in [0.15, 0.2) is 6.61 Å². The van der Waals surface area contributed by atoms with Gasteiger partial charge in [-0.1, -0.05) is 50.2 Å². The Morgan fingerprint density at radius 2 is 1.53 bits per heavy atom. The molecule has 4 rings (SSSR count). The standard InChI is InChI=1S/C25H26N2O5/c1-16(2)13-21(27-23(29)19-9-5-6-10-20(19)24(27)30)25(31)32-15-22(28)26-12-11-17-7-3-4-8-18(17)14-26/h3-10,16,21H,11-15H2,1-2H3/t21-/m0/s1. The second-order valence-electron chi connectivity index (χ2n) is 8.61. The van der Waals surface area contributed by atoms with Gasteiger partial charge in [-0.15, -0.1) is 0 Å². The Kier molecular flexibility index (Phi) is 6.08. The molecule has 2 heterocycles. The summed E-state index contributed by atoms with van der Waals surface area (Å²) < 4.78 is 5.34. The molecule has 2 aliphatic rings. The molecule has 0 saturated heterocycles. The first kappa shape index (κ1) is 21.7. The third-order valence-corrected chi connectivity index (χ3v) is 5.93. The molecule has 0 bridgehead atoms. The number of ether oxygens (including phenoxy) is 1. The number of esters is 1. The fourth-order valence-corrected chi connectivity index (χ4v) is 4.27. The molecular formula is C25H26N2O5. The number of fused-ring (bicyclic) bond motifs is 2. The highest BCUT2D eigenvalue weighted by molar-refractivity contribution is 6.22. The summed E-state index contributed by atoms with van der Waals surface area (Å²) in [6, 6.07) is 13.4. The molecule has 2 aromatic rings. The van der Waals surface area contributed by atoms with Crippen LogP contribution in [0.25, 0.3) is 0 Å². The Bertz CT molecular complexity index is 1040. The number of imide groups is 1. The lowest BCUT2D eigenvalue weighted by Gasteiger charge is -2.29. The first-order valence-corrected chi connectivity index (χ1v) is 10.8. The first-order chi connectivity index (χ1) is 15.4. The Morgan fingerprint density at radius 1 is 0.938 bits per heavy atom. The van der Waals surface area contributed by atoms with E-state index >= 15 is 0 Å². The fourth-order valence-electron chi connectivity index (χ4n) is 4.27. The quantitative estimate of drug-likeness (QED) is 0.516. The van der Waals surface area contributed by atoms with Gasteiger partial charge in [0.25, 0.3) is 17.7 Å². The predicted octanol–water partition coefficient (Wildman–Crippen LogP) is 2.83. The maximum atomic E-state index is 13.0. The molecule has 0 saturated carbocycles. The second-order valence-corrected chi connectivity index (χ2v) is 8.61. The number of hydrogen-bond donors (Lipinski definition) is 0. The minimum Gasteiger partial charge on any atom is -0.454 e. The van der Waals surface area contributed by atoms with Crippen LogP contribution in [0.2, 0.25) is 0 Å². The fraction of sp³-hybridized carbons (Fsp3) is 0.360. The van der Waals surface area contributed by atoms with Gasteiger partial charge < -0.3 is 9.64 Å². The molecule has 2 aliphatic heterocycles. The largest absolute Gasteiger partial charge is 0.454 e. The van der Waals surface area contributed by atoms with Crippen LogP contribution < -0.4 is 0 Å². The average molecular weight is 434 g/mol. The van der Waals surface area contributed by atoms with E-state index in [-0.39, 0.29) is 29.4 Å². The van der Waals surface area contributed by atoms with Crippen LogP contribution >= 0.6 is 0 Å². The summed E-state index contributed by atoms with van der Waals surface area (Å²) in [6.45, 7) is 4.41. The molecule has 0 N–H and O–H groups in total. The number of rotatable bonds is 6. The van der Waals surface area contributed by atoms with Crippen LogP contribution in [0.5, 0.6) is 0 Å². The van der Waals surface area contributed by atoms with Crippen LogP contribution in [0, 0.1) is 5.92 Å². The Hall–Kier alpha value is -3.48. The Morgan fingerprint density at radius 3 is 2.16 bits per heavy atom. The van der Waals surface area contributed by atoms with Crippen molar-refractivity contribution in [1.82, 2.24) is 9.80 Å². The van der Waals surface area contributed by atoms with Crippen molar-refractivity contribution in [3.63, 3.8) is 0 Å². The summed E-state index contributed by atoms with van der Waals surface area (Å²) in [6.07, 6.45) is 1.01. The zero-order chi connectivity index (χ0) is 22.8. The molecule has 2 aromatic carbocycles. The van der Waals surface area contributed by atoms with E-state index in [1.165, 1.54) is 5.56 Å². The molecule has 7 nitrogen and oxygen atoms in total. The van der Waals surface area contributed by atoms with Crippen molar-refractivity contribution in [2.24, 2.45) is 5.92 Å². The van der Waals surface area contributed by atoms with Gasteiger partial charge in [-0.25, -0.2) is 4.79 Å². The number of hydrogen-bond acceptors (Lipinski definition) is 5. The molecule has 0 radical (unpaired) electrons. The zero-order valence-electron chi connectivity index (χ0n) is 18.2. The smallest absolute Gasteiger partial charge is 0.329 e. The van der Waals surface area contributed by atoms with Crippen LogP contribution in [0.3, 0.4) is 0 Å². The topological polar surface area (TPSA) is 84.0 Å². The summed E-state index contributed by atoms with van der Waals surface area (Å²) in [5.41, 5.74) is 2.86. The molecule has 0 spiro atoms. The molecule has 3 amide bonds. The normalized spacial score (nSPS) is 16.1. The molecule has 166 valence electrons. The maximum absolute atomic E-state index is 13.0. The monoisotopic (exact) mass is 434 g/mol. The van der Waals surface area contributed by atoms with Crippen LogP contribution in [-0.4, -0.2) is 52.7 Å². The van der Waals surface area contributed by atoms with Gasteiger partial charge in [-0.05, 0) is 42.0 Å². The van der Waals surface area contributed by atoms with Crippen molar-refractivity contribution >= 4 is 23.7 Å². The average Bonchev–Trinajstić information content (AvgIpc) is 3.05. The van der Waals surface area contributed by atoms with E-state index in [1.807, 2.05) is 32.0 Å². The first-order valence-electron chi connectivity index (χ1n) is 10.8. The van der Waals surface area contributed by atoms with Crippen molar-refractivity contribution in [3.05, 3.63) is 70.8 Å². The van der Waals surface area contributed by atoms with Gasteiger partial charge in [-0.2, -0.15) is 0 Å². The van der Waals surface area contributed by atoms with Gasteiger partial charge in [0.1, 0.15) is 6.04 Å². The highest BCUT2D eigenvalue weighted by atomic mass is 16.5. The van der Waals surface area contributed by atoms with E-state index < -0.39 is 30.4 Å². The SMILES string of the molecule is CC(C)C[C@@H](C(=O)OCC(=O)N1CCc2ccccc2C1)N1C(=O)c2ccccc2C1=O. The van der Waals surface area contributed by atoms with Gasteiger partial charge in [0.05, 0.1) is 11.1 Å². The molecule has 1 atom stereocenters. The van der Waals surface area contributed by atoms with Crippen molar-refractivity contribution < 1.29 is 23.9 Å². The molecule has 7 heteroatoms. The third-order valence-electron chi connectivity index (χ3n) is 5.93. The lowest BCUT2D eigenvalue weighted by atomic mass is 10.00. The predicted molar refractivity (Wildman–Crippen MR) is 117 cm³/mol. The van der Waals surface area contributed by atoms with E-state index in [2.05, 4.69) is 6.07 Å². The Labute approximate surface area is 187 Å². The van der Waals surface area contributed by atoms with E-state index in [0.29, 0.717) is 13.1 Å². The van der Waals surface area contributed by atoms with Crippen LogP contribution in [-0.2, 0) is 27.3 Å².